The molecule has 0 aromatic heterocycles. The van der Waals surface area contributed by atoms with Crippen molar-refractivity contribution in [1.82, 2.24) is 4.90 Å². The molecule has 1 fully saturated rings. The number of carbonyl (C=O) groups is 1. The molecule has 0 spiro atoms. The van der Waals surface area contributed by atoms with E-state index in [4.69, 9.17) is 0 Å². The van der Waals surface area contributed by atoms with Gasteiger partial charge in [-0.15, -0.1) is 0 Å². The van der Waals surface area contributed by atoms with Crippen LogP contribution < -0.4 is 0 Å². The molecule has 0 saturated carbocycles. The Kier molecular flexibility index (Phi) is 4.61. The number of aliphatic carboxylic acids is 1. The van der Waals surface area contributed by atoms with E-state index in [-0.39, 0.29) is 5.56 Å². The molecule has 116 valence electrons. The number of likely N-dealkylation sites (tertiary alicyclic amines) is 1. The van der Waals surface area contributed by atoms with E-state index >= 15 is 0 Å². The molecule has 2 unspecified atom stereocenters. The van der Waals surface area contributed by atoms with Crippen LogP contribution in [0.15, 0.2) is 18.2 Å². The summed E-state index contributed by atoms with van der Waals surface area (Å²) in [5.41, 5.74) is -0.788. The molecule has 3 nitrogen and oxygen atoms in total. The van der Waals surface area contributed by atoms with E-state index in [1.54, 1.807) is 6.92 Å². The highest BCUT2D eigenvalue weighted by atomic mass is 19.1. The average molecular weight is 297 g/mol. The van der Waals surface area contributed by atoms with Crippen LogP contribution in [0.5, 0.6) is 0 Å². The third-order valence-electron chi connectivity index (χ3n) is 4.70. The fourth-order valence-corrected chi connectivity index (χ4v) is 3.20. The highest BCUT2D eigenvalue weighted by Crippen LogP contribution is 2.38. The first kappa shape index (κ1) is 15.9. The summed E-state index contributed by atoms with van der Waals surface area (Å²) in [7, 11) is 0. The average Bonchev–Trinajstić information content (AvgIpc) is 2.46. The van der Waals surface area contributed by atoms with Crippen LogP contribution in [0.4, 0.5) is 8.78 Å². The van der Waals surface area contributed by atoms with Crippen LogP contribution in [0.3, 0.4) is 0 Å². The number of carboxylic acids is 1. The van der Waals surface area contributed by atoms with Gasteiger partial charge in [0.1, 0.15) is 11.6 Å². The second-order valence-corrected chi connectivity index (χ2v) is 5.82. The molecule has 2 atom stereocenters. The van der Waals surface area contributed by atoms with Crippen molar-refractivity contribution in [3.8, 4) is 0 Å². The van der Waals surface area contributed by atoms with Crippen molar-refractivity contribution in [2.45, 2.75) is 39.2 Å². The second-order valence-electron chi connectivity index (χ2n) is 5.82. The van der Waals surface area contributed by atoms with Crippen LogP contribution in [-0.4, -0.2) is 29.1 Å². The predicted molar refractivity (Wildman–Crippen MR) is 75.9 cm³/mol. The smallest absolute Gasteiger partial charge is 0.310 e. The first-order valence-electron chi connectivity index (χ1n) is 7.32. The molecule has 5 heteroatoms. The largest absolute Gasteiger partial charge is 0.481 e. The lowest BCUT2D eigenvalue weighted by atomic mass is 9.77. The summed E-state index contributed by atoms with van der Waals surface area (Å²) in [6.07, 6.45) is 1.85. The topological polar surface area (TPSA) is 40.5 Å². The maximum atomic E-state index is 13.9. The number of piperidine rings is 1. The molecule has 0 radical (unpaired) electrons. The SMILES string of the molecule is CCC1(C(=O)O)CCCN(C(C)c2c(F)cccc2F)C1. The normalized spacial score (nSPS) is 24.8. The van der Waals surface area contributed by atoms with Crippen LogP contribution in [0.2, 0.25) is 0 Å². The minimum atomic E-state index is -0.823. The second kappa shape index (κ2) is 6.10. The summed E-state index contributed by atoms with van der Waals surface area (Å²) in [4.78, 5) is 13.4. The van der Waals surface area contributed by atoms with Crippen molar-refractivity contribution >= 4 is 5.97 Å². The standard InChI is InChI=1S/C16H21F2NO2/c1-3-16(15(20)21)8-5-9-19(10-16)11(2)14-12(17)6-4-7-13(14)18/h4,6-7,11H,3,5,8-10H2,1-2H3,(H,20,21). The number of nitrogens with zero attached hydrogens (tertiary/aromatic N) is 1. The molecule has 1 saturated heterocycles. The zero-order valence-corrected chi connectivity index (χ0v) is 12.4. The molecule has 0 amide bonds. The molecule has 2 rings (SSSR count). The van der Waals surface area contributed by atoms with Gasteiger partial charge in [0.15, 0.2) is 0 Å². The Morgan fingerprint density at radius 1 is 1.43 bits per heavy atom. The van der Waals surface area contributed by atoms with E-state index in [1.807, 2.05) is 11.8 Å². The molecule has 21 heavy (non-hydrogen) atoms. The van der Waals surface area contributed by atoms with Gasteiger partial charge in [0.05, 0.1) is 5.41 Å². The van der Waals surface area contributed by atoms with Gasteiger partial charge in [0.2, 0.25) is 0 Å². The number of hydrogen-bond acceptors (Lipinski definition) is 2. The summed E-state index contributed by atoms with van der Waals surface area (Å²) in [5, 5.41) is 9.49. The van der Waals surface area contributed by atoms with Gasteiger partial charge in [0, 0.05) is 18.2 Å². The van der Waals surface area contributed by atoms with Crippen molar-refractivity contribution in [3.63, 3.8) is 0 Å². The van der Waals surface area contributed by atoms with Gasteiger partial charge >= 0.3 is 5.97 Å². The van der Waals surface area contributed by atoms with Gasteiger partial charge in [-0.3, -0.25) is 9.69 Å². The van der Waals surface area contributed by atoms with Crippen molar-refractivity contribution in [1.29, 1.82) is 0 Å². The van der Waals surface area contributed by atoms with Crippen LogP contribution in [-0.2, 0) is 4.79 Å². The van der Waals surface area contributed by atoms with Crippen molar-refractivity contribution in [3.05, 3.63) is 35.4 Å². The maximum Gasteiger partial charge on any atom is 0.310 e. The molecular formula is C16H21F2NO2. The fourth-order valence-electron chi connectivity index (χ4n) is 3.20. The summed E-state index contributed by atoms with van der Waals surface area (Å²) in [6.45, 7) is 4.57. The summed E-state index contributed by atoms with van der Waals surface area (Å²) < 4.78 is 27.8. The molecule has 1 N–H and O–H groups in total. The van der Waals surface area contributed by atoms with E-state index in [2.05, 4.69) is 0 Å². The van der Waals surface area contributed by atoms with E-state index < -0.39 is 29.1 Å². The first-order chi connectivity index (χ1) is 9.91. The van der Waals surface area contributed by atoms with Crippen molar-refractivity contribution in [2.75, 3.05) is 13.1 Å². The maximum absolute atomic E-state index is 13.9. The molecular weight excluding hydrogens is 276 g/mol. The lowest BCUT2D eigenvalue weighted by molar-refractivity contribution is -0.153. The van der Waals surface area contributed by atoms with E-state index in [1.165, 1.54) is 18.2 Å². The molecule has 1 aliphatic rings. The first-order valence-corrected chi connectivity index (χ1v) is 7.32. The molecule has 1 aromatic rings. The number of carboxylic acid groups (broad SMARTS) is 1. The number of benzene rings is 1. The molecule has 1 aliphatic heterocycles. The van der Waals surface area contributed by atoms with Crippen LogP contribution in [0.25, 0.3) is 0 Å². The van der Waals surface area contributed by atoms with Crippen LogP contribution in [0.1, 0.15) is 44.7 Å². The van der Waals surface area contributed by atoms with Gasteiger partial charge in [-0.2, -0.15) is 0 Å². The Hall–Kier alpha value is -1.49. The predicted octanol–water partition coefficient (Wildman–Crippen LogP) is 3.60. The Bertz CT molecular complexity index is 515. The zero-order chi connectivity index (χ0) is 15.6. The summed E-state index contributed by atoms with van der Waals surface area (Å²) in [5.74, 6) is -1.98. The third kappa shape index (κ3) is 2.93. The fraction of sp³-hybridized carbons (Fsp3) is 0.562. The Labute approximate surface area is 123 Å². The number of rotatable bonds is 4. The minimum Gasteiger partial charge on any atom is -0.481 e. The van der Waals surface area contributed by atoms with Gasteiger partial charge in [-0.25, -0.2) is 8.78 Å². The molecule has 0 bridgehead atoms. The highest BCUT2D eigenvalue weighted by Gasteiger charge is 2.42. The minimum absolute atomic E-state index is 0.0230. The third-order valence-corrected chi connectivity index (χ3v) is 4.70. The monoisotopic (exact) mass is 297 g/mol. The lowest BCUT2D eigenvalue weighted by Crippen LogP contribution is -2.48. The molecule has 1 aromatic carbocycles. The van der Waals surface area contributed by atoms with Gasteiger partial charge in [-0.05, 0) is 44.9 Å². The Morgan fingerprint density at radius 2 is 2.05 bits per heavy atom. The Morgan fingerprint density at radius 3 is 2.57 bits per heavy atom. The van der Waals surface area contributed by atoms with Gasteiger partial charge in [0.25, 0.3) is 0 Å². The van der Waals surface area contributed by atoms with Crippen LogP contribution in [0, 0.1) is 17.0 Å². The highest BCUT2D eigenvalue weighted by molar-refractivity contribution is 5.75. The summed E-state index contributed by atoms with van der Waals surface area (Å²) >= 11 is 0. The van der Waals surface area contributed by atoms with Crippen molar-refractivity contribution in [2.24, 2.45) is 5.41 Å². The van der Waals surface area contributed by atoms with Crippen molar-refractivity contribution < 1.29 is 18.7 Å². The Balaban J connectivity index is 2.27. The quantitative estimate of drug-likeness (QED) is 0.923. The van der Waals surface area contributed by atoms with E-state index in [9.17, 15) is 18.7 Å². The number of hydrogen-bond donors (Lipinski definition) is 1. The zero-order valence-electron chi connectivity index (χ0n) is 12.4. The summed E-state index contributed by atoms with van der Waals surface area (Å²) in [6, 6.07) is 3.34. The van der Waals surface area contributed by atoms with Gasteiger partial charge in [-0.1, -0.05) is 13.0 Å². The molecule has 1 heterocycles. The van der Waals surface area contributed by atoms with E-state index in [0.717, 1.165) is 6.42 Å². The molecule has 0 aliphatic carbocycles. The van der Waals surface area contributed by atoms with Gasteiger partial charge < -0.3 is 5.11 Å². The van der Waals surface area contributed by atoms with Crippen LogP contribution >= 0.6 is 0 Å². The number of halogens is 2. The lowest BCUT2D eigenvalue weighted by Gasteiger charge is -2.42. The van der Waals surface area contributed by atoms with E-state index in [0.29, 0.717) is 25.9 Å².